The van der Waals surface area contributed by atoms with Gasteiger partial charge in [0.2, 0.25) is 0 Å². The molecule has 1 N–H and O–H groups in total. The lowest BCUT2D eigenvalue weighted by atomic mass is 10.1. The van der Waals surface area contributed by atoms with Crippen LogP contribution in [0.1, 0.15) is 5.56 Å². The van der Waals surface area contributed by atoms with Crippen molar-refractivity contribution in [3.05, 3.63) is 48.1 Å². The predicted molar refractivity (Wildman–Crippen MR) is 85.7 cm³/mol. The molecule has 2 nitrogen and oxygen atoms in total. The minimum atomic E-state index is -0.207. The van der Waals surface area contributed by atoms with Gasteiger partial charge in [-0.1, -0.05) is 69.6 Å². The Morgan fingerprint density at radius 1 is 0.850 bits per heavy atom. The first-order chi connectivity index (χ1) is 9.38. The van der Waals surface area contributed by atoms with Crippen LogP contribution in [0, 0.1) is 0 Å². The van der Waals surface area contributed by atoms with Crippen LogP contribution in [0.2, 0.25) is 30.3 Å². The Hall–Kier alpha value is 0.0700. The van der Waals surface area contributed by atoms with Crippen LogP contribution in [0.4, 0.5) is 0 Å². The third kappa shape index (κ3) is 2.84. The lowest BCUT2D eigenvalue weighted by Crippen LogP contribution is -1.93. The fraction of sp³-hybridized carbons (Fsp3) is 0.0833. The van der Waals surface area contributed by atoms with Crippen molar-refractivity contribution in [1.82, 2.24) is 4.98 Å². The molecule has 0 unspecified atom stereocenters. The normalized spacial score (nSPS) is 10.9. The van der Waals surface area contributed by atoms with Gasteiger partial charge in [0, 0.05) is 17.3 Å². The Labute approximate surface area is 145 Å². The van der Waals surface area contributed by atoms with Crippen LogP contribution >= 0.6 is 69.6 Å². The number of aliphatic hydroxyl groups is 1. The van der Waals surface area contributed by atoms with Gasteiger partial charge in [-0.25, -0.2) is 4.98 Å². The van der Waals surface area contributed by atoms with Crippen LogP contribution in [0.3, 0.4) is 0 Å². The Kier molecular flexibility index (Phi) is 5.30. The maximum atomic E-state index is 9.17. The zero-order chi connectivity index (χ0) is 15.0. The summed E-state index contributed by atoms with van der Waals surface area (Å²) >= 11 is 36.3. The van der Waals surface area contributed by atoms with Crippen LogP contribution in [-0.4, -0.2) is 10.1 Å². The second-order valence-electron chi connectivity index (χ2n) is 3.78. The van der Waals surface area contributed by atoms with Crippen molar-refractivity contribution in [2.75, 3.05) is 0 Å². The molecular weight excluding hydrogens is 387 g/mol. The van der Waals surface area contributed by atoms with Crippen molar-refractivity contribution in [3.8, 4) is 11.1 Å². The summed E-state index contributed by atoms with van der Waals surface area (Å²) in [5.41, 5.74) is 1.27. The molecule has 0 aliphatic rings. The molecule has 0 amide bonds. The summed E-state index contributed by atoms with van der Waals surface area (Å²) in [7, 11) is 0. The number of aromatic nitrogens is 1. The zero-order valence-corrected chi connectivity index (χ0v) is 14.1. The number of halogens is 6. The van der Waals surface area contributed by atoms with Crippen molar-refractivity contribution >= 4 is 69.6 Å². The maximum absolute atomic E-state index is 9.17. The molecule has 106 valence electrons. The molecular formula is C12H5Cl6NO. The number of aliphatic hydroxyl groups excluding tert-OH is 1. The third-order valence-corrected chi connectivity index (χ3v) is 5.14. The van der Waals surface area contributed by atoms with Crippen molar-refractivity contribution in [1.29, 1.82) is 0 Å². The minimum Gasteiger partial charge on any atom is -0.392 e. The molecule has 0 aliphatic carbocycles. The van der Waals surface area contributed by atoms with Crippen molar-refractivity contribution in [3.63, 3.8) is 0 Å². The van der Waals surface area contributed by atoms with Gasteiger partial charge in [-0.15, -0.1) is 0 Å². The molecule has 0 radical (unpaired) electrons. The predicted octanol–water partition coefficient (Wildman–Crippen LogP) is 6.16. The highest BCUT2D eigenvalue weighted by atomic mass is 35.5. The van der Waals surface area contributed by atoms with Crippen LogP contribution in [0.5, 0.6) is 0 Å². The standard InChI is InChI=1S/C12H5Cl6NO/c13-7-6(8(14)10(16)11(17)9(7)15)5-1-4(3-20)2-19-12(5)18/h1-2,20H,3H2. The number of pyridine rings is 1. The SMILES string of the molecule is OCc1cnc(Cl)c(-c2c(Cl)c(Cl)c(Cl)c(Cl)c2Cl)c1. The van der Waals surface area contributed by atoms with E-state index in [1.165, 1.54) is 6.20 Å². The monoisotopic (exact) mass is 389 g/mol. The lowest BCUT2D eigenvalue weighted by molar-refractivity contribution is 0.281. The van der Waals surface area contributed by atoms with E-state index in [-0.39, 0.29) is 36.9 Å². The molecule has 2 aromatic rings. The first-order valence-corrected chi connectivity index (χ1v) is 7.42. The summed E-state index contributed by atoms with van der Waals surface area (Å²) < 4.78 is 0. The van der Waals surface area contributed by atoms with Crippen molar-refractivity contribution in [2.45, 2.75) is 6.61 Å². The first kappa shape index (κ1) is 16.4. The molecule has 0 spiro atoms. The molecule has 1 heterocycles. The molecule has 0 saturated heterocycles. The molecule has 20 heavy (non-hydrogen) atoms. The second-order valence-corrected chi connectivity index (χ2v) is 6.03. The van der Waals surface area contributed by atoms with Gasteiger partial charge in [0.25, 0.3) is 0 Å². The molecule has 8 heteroatoms. The average Bonchev–Trinajstić information content (AvgIpc) is 2.45. The molecule has 0 atom stereocenters. The highest BCUT2D eigenvalue weighted by molar-refractivity contribution is 6.56. The topological polar surface area (TPSA) is 33.1 Å². The van der Waals surface area contributed by atoms with Gasteiger partial charge >= 0.3 is 0 Å². The maximum Gasteiger partial charge on any atom is 0.136 e. The van der Waals surface area contributed by atoms with E-state index in [1.54, 1.807) is 6.07 Å². The van der Waals surface area contributed by atoms with Gasteiger partial charge in [0.1, 0.15) is 5.15 Å². The number of rotatable bonds is 2. The van der Waals surface area contributed by atoms with Gasteiger partial charge in [-0.3, -0.25) is 0 Å². The smallest absolute Gasteiger partial charge is 0.136 e. The van der Waals surface area contributed by atoms with E-state index in [0.717, 1.165) is 0 Å². The highest BCUT2D eigenvalue weighted by Crippen LogP contribution is 2.49. The fourth-order valence-corrected chi connectivity index (χ4v) is 3.13. The van der Waals surface area contributed by atoms with Crippen molar-refractivity contribution < 1.29 is 5.11 Å². The summed E-state index contributed by atoms with van der Waals surface area (Å²) in [6.45, 7) is -0.207. The van der Waals surface area contributed by atoms with Crippen LogP contribution in [0.15, 0.2) is 12.3 Å². The number of hydrogen-bond donors (Lipinski definition) is 1. The van der Waals surface area contributed by atoms with Crippen molar-refractivity contribution in [2.24, 2.45) is 0 Å². The Morgan fingerprint density at radius 2 is 1.35 bits per heavy atom. The average molecular weight is 392 g/mol. The Morgan fingerprint density at radius 3 is 1.85 bits per heavy atom. The van der Waals surface area contributed by atoms with E-state index in [2.05, 4.69) is 4.98 Å². The second kappa shape index (κ2) is 6.45. The van der Waals surface area contributed by atoms with E-state index in [9.17, 15) is 0 Å². The number of hydrogen-bond acceptors (Lipinski definition) is 2. The molecule has 2 rings (SSSR count). The van der Waals surface area contributed by atoms with E-state index in [4.69, 9.17) is 74.7 Å². The molecule has 1 aromatic carbocycles. The first-order valence-electron chi connectivity index (χ1n) is 5.15. The Balaban J connectivity index is 2.83. The van der Waals surface area contributed by atoms with Gasteiger partial charge in [0.05, 0.1) is 31.7 Å². The number of nitrogens with zero attached hydrogens (tertiary/aromatic N) is 1. The quantitative estimate of drug-likeness (QED) is 0.377. The largest absolute Gasteiger partial charge is 0.392 e. The fourth-order valence-electron chi connectivity index (χ4n) is 1.59. The summed E-state index contributed by atoms with van der Waals surface area (Å²) in [5, 5.41) is 9.76. The molecule has 0 saturated carbocycles. The molecule has 0 aliphatic heterocycles. The summed E-state index contributed by atoms with van der Waals surface area (Å²) in [6.07, 6.45) is 1.44. The molecule has 1 aromatic heterocycles. The van der Waals surface area contributed by atoms with Crippen LogP contribution in [-0.2, 0) is 6.61 Å². The lowest BCUT2D eigenvalue weighted by Gasteiger charge is -2.14. The van der Waals surface area contributed by atoms with E-state index in [1.807, 2.05) is 0 Å². The Bertz CT molecular complexity index is 659. The van der Waals surface area contributed by atoms with E-state index in [0.29, 0.717) is 16.7 Å². The summed E-state index contributed by atoms with van der Waals surface area (Å²) in [6, 6.07) is 1.60. The molecule has 0 bridgehead atoms. The van der Waals surface area contributed by atoms with Gasteiger partial charge in [-0.2, -0.15) is 0 Å². The minimum absolute atomic E-state index is 0.0643. The van der Waals surface area contributed by atoms with Crippen LogP contribution < -0.4 is 0 Å². The van der Waals surface area contributed by atoms with Gasteiger partial charge in [-0.05, 0) is 11.6 Å². The molecule has 0 fully saturated rings. The summed E-state index contributed by atoms with van der Waals surface area (Å²) in [5.74, 6) is 0. The highest BCUT2D eigenvalue weighted by Gasteiger charge is 2.22. The van der Waals surface area contributed by atoms with Gasteiger partial charge in [0.15, 0.2) is 0 Å². The van der Waals surface area contributed by atoms with Crippen LogP contribution in [0.25, 0.3) is 11.1 Å². The van der Waals surface area contributed by atoms with E-state index >= 15 is 0 Å². The zero-order valence-electron chi connectivity index (χ0n) is 9.52. The van der Waals surface area contributed by atoms with E-state index < -0.39 is 0 Å². The summed E-state index contributed by atoms with van der Waals surface area (Å²) in [4.78, 5) is 3.96. The van der Waals surface area contributed by atoms with Gasteiger partial charge < -0.3 is 5.11 Å². The number of benzene rings is 1. The third-order valence-electron chi connectivity index (χ3n) is 2.56.